The highest BCUT2D eigenvalue weighted by molar-refractivity contribution is 7.88. The SMILES string of the molecule is O=S1(=O)Nc2cc(-n3cnnc3)ccc2O1. The summed E-state index contributed by atoms with van der Waals surface area (Å²) >= 11 is 0. The first-order valence-electron chi connectivity index (χ1n) is 4.35. The van der Waals surface area contributed by atoms with Gasteiger partial charge in [0.15, 0.2) is 5.75 Å². The maximum absolute atomic E-state index is 11.1. The smallest absolute Gasteiger partial charge is 0.365 e. The van der Waals surface area contributed by atoms with E-state index in [2.05, 4.69) is 19.1 Å². The summed E-state index contributed by atoms with van der Waals surface area (Å²) in [5.41, 5.74) is 1.16. The van der Waals surface area contributed by atoms with Crippen molar-refractivity contribution in [2.24, 2.45) is 0 Å². The monoisotopic (exact) mass is 238 g/mol. The molecule has 1 aliphatic heterocycles. The van der Waals surface area contributed by atoms with Crippen molar-refractivity contribution in [1.29, 1.82) is 0 Å². The summed E-state index contributed by atoms with van der Waals surface area (Å²) in [5, 5.41) is 7.33. The fourth-order valence-electron chi connectivity index (χ4n) is 1.44. The topological polar surface area (TPSA) is 86.1 Å². The average Bonchev–Trinajstić information content (AvgIpc) is 2.80. The van der Waals surface area contributed by atoms with E-state index in [0.717, 1.165) is 5.69 Å². The predicted molar refractivity (Wildman–Crippen MR) is 54.5 cm³/mol. The van der Waals surface area contributed by atoms with Gasteiger partial charge in [0, 0.05) is 0 Å². The lowest BCUT2D eigenvalue weighted by Crippen LogP contribution is -2.10. The zero-order valence-electron chi connectivity index (χ0n) is 7.86. The molecule has 0 atom stereocenters. The molecule has 0 saturated heterocycles. The van der Waals surface area contributed by atoms with Gasteiger partial charge in [0.2, 0.25) is 0 Å². The lowest BCUT2D eigenvalue weighted by atomic mass is 10.2. The molecule has 0 radical (unpaired) electrons. The molecule has 0 amide bonds. The molecule has 0 unspecified atom stereocenters. The molecular weight excluding hydrogens is 232 g/mol. The zero-order valence-corrected chi connectivity index (χ0v) is 8.68. The Morgan fingerprint density at radius 2 is 2.00 bits per heavy atom. The van der Waals surface area contributed by atoms with Gasteiger partial charge < -0.3 is 4.18 Å². The Balaban J connectivity index is 2.09. The molecule has 1 aromatic heterocycles. The van der Waals surface area contributed by atoms with E-state index in [9.17, 15) is 8.42 Å². The van der Waals surface area contributed by atoms with Crippen LogP contribution in [0.1, 0.15) is 0 Å². The molecule has 1 N–H and O–H groups in total. The third kappa shape index (κ3) is 1.39. The van der Waals surface area contributed by atoms with Crippen LogP contribution in [0, 0.1) is 0 Å². The molecule has 16 heavy (non-hydrogen) atoms. The molecule has 2 heterocycles. The number of nitrogens with zero attached hydrogens (tertiary/aromatic N) is 3. The number of aromatic nitrogens is 3. The van der Waals surface area contributed by atoms with Crippen molar-refractivity contribution < 1.29 is 12.6 Å². The molecule has 1 aromatic carbocycles. The molecule has 0 aliphatic carbocycles. The van der Waals surface area contributed by atoms with Gasteiger partial charge in [0.1, 0.15) is 12.7 Å². The third-order valence-corrected chi connectivity index (χ3v) is 2.98. The number of hydrogen-bond donors (Lipinski definition) is 1. The second-order valence-corrected chi connectivity index (χ2v) is 4.47. The summed E-state index contributed by atoms with van der Waals surface area (Å²) in [6.45, 7) is 0. The van der Waals surface area contributed by atoms with E-state index in [1.165, 1.54) is 12.7 Å². The van der Waals surface area contributed by atoms with E-state index < -0.39 is 10.3 Å². The largest absolute Gasteiger partial charge is 0.407 e. The van der Waals surface area contributed by atoms with E-state index in [1.54, 1.807) is 22.8 Å². The Kier molecular flexibility index (Phi) is 1.69. The Hall–Kier alpha value is -2.09. The fourth-order valence-corrected chi connectivity index (χ4v) is 2.29. The van der Waals surface area contributed by atoms with Crippen LogP contribution in [0.3, 0.4) is 0 Å². The number of benzene rings is 1. The van der Waals surface area contributed by atoms with Crippen LogP contribution < -0.4 is 8.91 Å². The van der Waals surface area contributed by atoms with Gasteiger partial charge in [0.05, 0.1) is 11.4 Å². The van der Waals surface area contributed by atoms with Crippen molar-refractivity contribution >= 4 is 16.0 Å². The highest BCUT2D eigenvalue weighted by Gasteiger charge is 2.25. The number of nitrogens with one attached hydrogen (secondary N) is 1. The molecule has 0 spiro atoms. The van der Waals surface area contributed by atoms with Crippen molar-refractivity contribution in [1.82, 2.24) is 14.8 Å². The second kappa shape index (κ2) is 2.95. The molecule has 2 aromatic rings. The number of rotatable bonds is 1. The van der Waals surface area contributed by atoms with E-state index in [4.69, 9.17) is 0 Å². The normalized spacial score (nSPS) is 16.2. The molecule has 82 valence electrons. The van der Waals surface area contributed by atoms with Crippen molar-refractivity contribution in [2.45, 2.75) is 0 Å². The van der Waals surface area contributed by atoms with Gasteiger partial charge in [-0.3, -0.25) is 4.57 Å². The van der Waals surface area contributed by atoms with Crippen LogP contribution in [0.4, 0.5) is 5.69 Å². The van der Waals surface area contributed by atoms with Crippen LogP contribution in [0.2, 0.25) is 0 Å². The minimum Gasteiger partial charge on any atom is -0.365 e. The summed E-state index contributed by atoms with van der Waals surface area (Å²) < 4.78 is 30.9. The van der Waals surface area contributed by atoms with Crippen molar-refractivity contribution in [3.63, 3.8) is 0 Å². The van der Waals surface area contributed by atoms with Gasteiger partial charge >= 0.3 is 10.3 Å². The van der Waals surface area contributed by atoms with Crippen LogP contribution in [-0.2, 0) is 10.3 Å². The van der Waals surface area contributed by atoms with Crippen LogP contribution in [0.15, 0.2) is 30.9 Å². The first kappa shape index (κ1) is 9.16. The number of anilines is 1. The lowest BCUT2D eigenvalue weighted by Gasteiger charge is -2.01. The van der Waals surface area contributed by atoms with Crippen molar-refractivity contribution in [3.05, 3.63) is 30.9 Å². The first-order chi connectivity index (χ1) is 7.64. The minimum atomic E-state index is -3.68. The minimum absolute atomic E-state index is 0.289. The second-order valence-electron chi connectivity index (χ2n) is 3.19. The van der Waals surface area contributed by atoms with Gasteiger partial charge in [-0.25, -0.2) is 4.72 Å². The van der Waals surface area contributed by atoms with Gasteiger partial charge in [-0.2, -0.15) is 8.42 Å². The van der Waals surface area contributed by atoms with Crippen LogP contribution in [0.25, 0.3) is 5.69 Å². The van der Waals surface area contributed by atoms with Crippen molar-refractivity contribution in [3.8, 4) is 11.4 Å². The van der Waals surface area contributed by atoms with E-state index in [1.807, 2.05) is 0 Å². The molecule has 0 saturated carbocycles. The Labute approximate surface area is 90.9 Å². The van der Waals surface area contributed by atoms with Crippen LogP contribution in [0.5, 0.6) is 5.75 Å². The molecule has 1 aliphatic rings. The van der Waals surface area contributed by atoms with E-state index in [0.29, 0.717) is 5.69 Å². The number of hydrogen-bond acceptors (Lipinski definition) is 5. The highest BCUT2D eigenvalue weighted by Crippen LogP contribution is 2.34. The van der Waals surface area contributed by atoms with Gasteiger partial charge in [0.25, 0.3) is 0 Å². The number of fused-ring (bicyclic) bond motifs is 1. The maximum Gasteiger partial charge on any atom is 0.407 e. The summed E-state index contributed by atoms with van der Waals surface area (Å²) in [4.78, 5) is 0. The van der Waals surface area contributed by atoms with Crippen molar-refractivity contribution in [2.75, 3.05) is 4.72 Å². The zero-order chi connectivity index (χ0) is 11.2. The highest BCUT2D eigenvalue weighted by atomic mass is 32.2. The quantitative estimate of drug-likeness (QED) is 0.773. The summed E-state index contributed by atoms with van der Waals surface area (Å²) in [6.07, 6.45) is 3.04. The van der Waals surface area contributed by atoms with Gasteiger partial charge in [-0.15, -0.1) is 10.2 Å². The van der Waals surface area contributed by atoms with Crippen LogP contribution >= 0.6 is 0 Å². The molecular formula is C8H6N4O3S. The van der Waals surface area contributed by atoms with E-state index >= 15 is 0 Å². The fraction of sp³-hybridized carbons (Fsp3) is 0. The van der Waals surface area contributed by atoms with E-state index in [-0.39, 0.29) is 5.75 Å². The van der Waals surface area contributed by atoms with Gasteiger partial charge in [-0.1, -0.05) is 0 Å². The molecule has 7 nitrogen and oxygen atoms in total. The standard InChI is InChI=1S/C8H6N4O3S/c13-16(14)11-7-3-6(1-2-8(7)15-16)12-4-9-10-5-12/h1-5,11H. The third-order valence-electron chi connectivity index (χ3n) is 2.11. The molecule has 8 heteroatoms. The average molecular weight is 238 g/mol. The molecule has 0 fully saturated rings. The molecule has 0 bridgehead atoms. The Bertz CT molecular complexity index is 635. The Morgan fingerprint density at radius 3 is 2.75 bits per heavy atom. The van der Waals surface area contributed by atoms with Gasteiger partial charge in [-0.05, 0) is 18.2 Å². The lowest BCUT2D eigenvalue weighted by molar-refractivity contribution is 0.503. The van der Waals surface area contributed by atoms with Crippen LogP contribution in [-0.4, -0.2) is 23.2 Å². The maximum atomic E-state index is 11.1. The summed E-state index contributed by atoms with van der Waals surface area (Å²) in [6, 6.07) is 4.93. The molecule has 3 rings (SSSR count). The summed E-state index contributed by atoms with van der Waals surface area (Å²) in [5.74, 6) is 0.289. The Morgan fingerprint density at radius 1 is 1.25 bits per heavy atom. The first-order valence-corrected chi connectivity index (χ1v) is 5.76. The summed E-state index contributed by atoms with van der Waals surface area (Å²) in [7, 11) is -3.68. The predicted octanol–water partition coefficient (Wildman–Crippen LogP) is 0.316.